The third kappa shape index (κ3) is 4.41. The molecule has 0 aliphatic heterocycles. The summed E-state index contributed by atoms with van der Waals surface area (Å²) >= 11 is 0. The van der Waals surface area contributed by atoms with Crippen molar-refractivity contribution in [2.45, 2.75) is 13.1 Å². The van der Waals surface area contributed by atoms with E-state index in [1.807, 2.05) is 73.6 Å². The molecule has 1 amide bonds. The van der Waals surface area contributed by atoms with E-state index in [2.05, 4.69) is 20.7 Å². The fourth-order valence-corrected chi connectivity index (χ4v) is 2.34. The van der Waals surface area contributed by atoms with Crippen molar-refractivity contribution in [2.75, 3.05) is 19.0 Å². The summed E-state index contributed by atoms with van der Waals surface area (Å²) in [7, 11) is 3.97. The SMILES string of the molecule is CN(C)c1cccc(CNC(=O)Cn2nnc(-c3ccccc3)n2)c1. The highest BCUT2D eigenvalue weighted by atomic mass is 16.2. The fourth-order valence-electron chi connectivity index (χ4n) is 2.34. The van der Waals surface area contributed by atoms with Gasteiger partial charge in [-0.05, 0) is 22.9 Å². The van der Waals surface area contributed by atoms with Crippen LogP contribution in [0.15, 0.2) is 54.6 Å². The predicted molar refractivity (Wildman–Crippen MR) is 95.9 cm³/mol. The normalized spacial score (nSPS) is 10.5. The first-order valence-electron chi connectivity index (χ1n) is 7.98. The van der Waals surface area contributed by atoms with Crippen LogP contribution in [0.25, 0.3) is 11.4 Å². The Labute approximate surface area is 146 Å². The molecule has 0 saturated heterocycles. The molecule has 1 aromatic heterocycles. The number of nitrogens with zero attached hydrogens (tertiary/aromatic N) is 5. The molecule has 0 aliphatic carbocycles. The van der Waals surface area contributed by atoms with Crippen LogP contribution >= 0.6 is 0 Å². The van der Waals surface area contributed by atoms with Gasteiger partial charge in [0.25, 0.3) is 0 Å². The zero-order valence-electron chi connectivity index (χ0n) is 14.3. The summed E-state index contributed by atoms with van der Waals surface area (Å²) in [5.74, 6) is 0.347. The highest BCUT2D eigenvalue weighted by Crippen LogP contribution is 2.13. The van der Waals surface area contributed by atoms with Gasteiger partial charge in [-0.1, -0.05) is 42.5 Å². The zero-order chi connectivity index (χ0) is 17.6. The molecule has 0 aliphatic rings. The largest absolute Gasteiger partial charge is 0.378 e. The summed E-state index contributed by atoms with van der Waals surface area (Å²) in [5, 5.41) is 15.0. The van der Waals surface area contributed by atoms with E-state index in [4.69, 9.17) is 0 Å². The monoisotopic (exact) mass is 336 g/mol. The number of aromatic nitrogens is 4. The van der Waals surface area contributed by atoms with Crippen molar-refractivity contribution in [1.29, 1.82) is 0 Å². The van der Waals surface area contributed by atoms with Crippen molar-refractivity contribution < 1.29 is 4.79 Å². The molecule has 0 unspecified atom stereocenters. The molecule has 0 atom stereocenters. The van der Waals surface area contributed by atoms with E-state index in [9.17, 15) is 4.79 Å². The van der Waals surface area contributed by atoms with Crippen LogP contribution in [0, 0.1) is 0 Å². The lowest BCUT2D eigenvalue weighted by Crippen LogP contribution is -2.28. The fraction of sp³-hybridized carbons (Fsp3) is 0.222. The molecule has 0 saturated carbocycles. The number of hydrogen-bond donors (Lipinski definition) is 1. The lowest BCUT2D eigenvalue weighted by molar-refractivity contribution is -0.122. The number of carbonyl (C=O) groups is 1. The number of amides is 1. The molecule has 1 N–H and O–H groups in total. The van der Waals surface area contributed by atoms with Crippen molar-refractivity contribution in [3.8, 4) is 11.4 Å². The summed E-state index contributed by atoms with van der Waals surface area (Å²) in [6.07, 6.45) is 0. The van der Waals surface area contributed by atoms with E-state index in [0.29, 0.717) is 12.4 Å². The molecule has 0 spiro atoms. The quantitative estimate of drug-likeness (QED) is 0.742. The second-order valence-electron chi connectivity index (χ2n) is 5.85. The van der Waals surface area contributed by atoms with Gasteiger partial charge in [0.1, 0.15) is 6.54 Å². The predicted octanol–water partition coefficient (Wildman–Crippen LogP) is 1.72. The van der Waals surface area contributed by atoms with E-state index in [1.54, 1.807) is 0 Å². The van der Waals surface area contributed by atoms with Gasteiger partial charge < -0.3 is 10.2 Å². The van der Waals surface area contributed by atoms with Crippen LogP contribution in [-0.2, 0) is 17.9 Å². The topological polar surface area (TPSA) is 75.9 Å². The van der Waals surface area contributed by atoms with Gasteiger partial charge in [0, 0.05) is 31.9 Å². The maximum atomic E-state index is 12.1. The first kappa shape index (κ1) is 16.6. The van der Waals surface area contributed by atoms with Gasteiger partial charge in [0.2, 0.25) is 11.7 Å². The van der Waals surface area contributed by atoms with Crippen LogP contribution in [0.1, 0.15) is 5.56 Å². The van der Waals surface area contributed by atoms with Crippen LogP contribution in [0.3, 0.4) is 0 Å². The Kier molecular flexibility index (Phi) is 5.03. The Hall–Kier alpha value is -3.22. The average molecular weight is 336 g/mol. The number of tetrazole rings is 1. The molecule has 0 fully saturated rings. The summed E-state index contributed by atoms with van der Waals surface area (Å²) in [6.45, 7) is 0.494. The van der Waals surface area contributed by atoms with Gasteiger partial charge in [-0.25, -0.2) is 0 Å². The van der Waals surface area contributed by atoms with Crippen LogP contribution in [-0.4, -0.2) is 40.2 Å². The Balaban J connectivity index is 1.56. The van der Waals surface area contributed by atoms with E-state index in [-0.39, 0.29) is 12.5 Å². The third-order valence-electron chi connectivity index (χ3n) is 3.69. The van der Waals surface area contributed by atoms with Crippen LogP contribution < -0.4 is 10.2 Å². The molecule has 0 bridgehead atoms. The molecule has 25 heavy (non-hydrogen) atoms. The van der Waals surface area contributed by atoms with Crippen LogP contribution in [0.4, 0.5) is 5.69 Å². The molecule has 7 nitrogen and oxygen atoms in total. The molecule has 3 aromatic rings. The van der Waals surface area contributed by atoms with E-state index < -0.39 is 0 Å². The van der Waals surface area contributed by atoms with Crippen molar-refractivity contribution in [3.63, 3.8) is 0 Å². The van der Waals surface area contributed by atoms with Gasteiger partial charge in [-0.3, -0.25) is 4.79 Å². The van der Waals surface area contributed by atoms with Gasteiger partial charge >= 0.3 is 0 Å². The number of nitrogens with one attached hydrogen (secondary N) is 1. The molecular formula is C18H20N6O. The molecular weight excluding hydrogens is 316 g/mol. The Morgan fingerprint density at radius 3 is 2.68 bits per heavy atom. The molecule has 128 valence electrons. The van der Waals surface area contributed by atoms with Gasteiger partial charge in [-0.2, -0.15) is 4.80 Å². The second kappa shape index (κ2) is 7.57. The minimum Gasteiger partial charge on any atom is -0.378 e. The summed E-state index contributed by atoms with van der Waals surface area (Å²) < 4.78 is 0. The third-order valence-corrected chi connectivity index (χ3v) is 3.69. The van der Waals surface area contributed by atoms with E-state index in [0.717, 1.165) is 16.8 Å². The van der Waals surface area contributed by atoms with Gasteiger partial charge in [-0.15, -0.1) is 10.2 Å². The molecule has 0 radical (unpaired) electrons. The Morgan fingerprint density at radius 2 is 1.92 bits per heavy atom. The number of benzene rings is 2. The van der Waals surface area contributed by atoms with Crippen LogP contribution in [0.2, 0.25) is 0 Å². The zero-order valence-corrected chi connectivity index (χ0v) is 14.3. The standard InChI is InChI=1S/C18H20N6O/c1-23(2)16-10-6-7-14(11-16)12-19-17(25)13-24-21-18(20-22-24)15-8-4-3-5-9-15/h3-11H,12-13H2,1-2H3,(H,19,25). The minimum atomic E-state index is -0.160. The smallest absolute Gasteiger partial charge is 0.243 e. The second-order valence-corrected chi connectivity index (χ2v) is 5.85. The Morgan fingerprint density at radius 1 is 1.12 bits per heavy atom. The number of anilines is 1. The van der Waals surface area contributed by atoms with Crippen LogP contribution in [0.5, 0.6) is 0 Å². The number of rotatable bonds is 6. The summed E-state index contributed by atoms with van der Waals surface area (Å²) in [6, 6.07) is 17.6. The highest BCUT2D eigenvalue weighted by Gasteiger charge is 2.09. The molecule has 2 aromatic carbocycles. The molecule has 1 heterocycles. The maximum Gasteiger partial charge on any atom is 0.243 e. The number of hydrogen-bond acceptors (Lipinski definition) is 5. The molecule has 7 heteroatoms. The van der Waals surface area contributed by atoms with E-state index in [1.165, 1.54) is 4.80 Å². The first-order chi connectivity index (χ1) is 12.1. The van der Waals surface area contributed by atoms with Crippen molar-refractivity contribution in [3.05, 3.63) is 60.2 Å². The van der Waals surface area contributed by atoms with Crippen molar-refractivity contribution >= 4 is 11.6 Å². The average Bonchev–Trinajstić information content (AvgIpc) is 3.09. The van der Waals surface area contributed by atoms with E-state index >= 15 is 0 Å². The van der Waals surface area contributed by atoms with Gasteiger partial charge in [0.05, 0.1) is 0 Å². The number of carbonyl (C=O) groups excluding carboxylic acids is 1. The Bertz CT molecular complexity index is 844. The summed E-state index contributed by atoms with van der Waals surface area (Å²) in [5.41, 5.74) is 3.00. The van der Waals surface area contributed by atoms with Gasteiger partial charge in [0.15, 0.2) is 0 Å². The first-order valence-corrected chi connectivity index (χ1v) is 7.98. The minimum absolute atomic E-state index is 0.0349. The lowest BCUT2D eigenvalue weighted by atomic mass is 10.2. The van der Waals surface area contributed by atoms with Crippen molar-refractivity contribution in [1.82, 2.24) is 25.5 Å². The highest BCUT2D eigenvalue weighted by molar-refractivity contribution is 5.75. The molecule has 3 rings (SSSR count). The summed E-state index contributed by atoms with van der Waals surface area (Å²) in [4.78, 5) is 15.4. The van der Waals surface area contributed by atoms with Crippen molar-refractivity contribution in [2.24, 2.45) is 0 Å². The maximum absolute atomic E-state index is 12.1. The lowest BCUT2D eigenvalue weighted by Gasteiger charge is -2.13.